The molecule has 0 unspecified atom stereocenters. The lowest BCUT2D eigenvalue weighted by Gasteiger charge is -2.04. The van der Waals surface area contributed by atoms with Gasteiger partial charge in [-0.25, -0.2) is 0 Å². The Morgan fingerprint density at radius 1 is 1.00 bits per heavy atom. The van der Waals surface area contributed by atoms with Crippen LogP contribution in [0, 0.1) is 24.3 Å². The molecule has 1 aromatic rings. The summed E-state index contributed by atoms with van der Waals surface area (Å²) < 4.78 is 1.36. The van der Waals surface area contributed by atoms with E-state index in [0.717, 1.165) is 0 Å². The summed E-state index contributed by atoms with van der Waals surface area (Å²) in [5.41, 5.74) is 4.23. The average molecular weight is 263 g/mol. The maximum absolute atomic E-state index is 2.37. The van der Waals surface area contributed by atoms with Crippen LogP contribution in [0.25, 0.3) is 0 Å². The molecule has 0 radical (unpaired) electrons. The van der Waals surface area contributed by atoms with Crippen LogP contribution in [0.5, 0.6) is 0 Å². The van der Waals surface area contributed by atoms with Gasteiger partial charge in [-0.15, -0.1) is 0 Å². The third-order valence-corrected chi connectivity index (χ3v) is 3.16. The Bertz CT molecular complexity index is 229. The quantitative estimate of drug-likeness (QED) is 0.715. The van der Waals surface area contributed by atoms with E-state index in [1.807, 2.05) is 0 Å². The second-order valence-corrected chi connectivity index (χ2v) is 3.78. The molecule has 0 aliphatic heterocycles. The molecule has 0 atom stereocenters. The molecule has 0 amide bonds. The van der Waals surface area contributed by atoms with Gasteiger partial charge in [0.2, 0.25) is 0 Å². The summed E-state index contributed by atoms with van der Waals surface area (Å²) in [5.74, 6) is 0. The highest BCUT2D eigenvalue weighted by Crippen LogP contribution is 2.17. The van der Waals surface area contributed by atoms with Crippen LogP contribution in [0.3, 0.4) is 0 Å². The summed E-state index contributed by atoms with van der Waals surface area (Å²) in [6.07, 6.45) is 0. The summed E-state index contributed by atoms with van der Waals surface area (Å²) in [4.78, 5) is 0. The molecule has 0 aliphatic carbocycles. The lowest BCUT2D eigenvalue weighted by molar-refractivity contribution is 1.25. The van der Waals surface area contributed by atoms with Gasteiger partial charge in [0.05, 0.1) is 0 Å². The number of benzene rings is 1. The van der Waals surface area contributed by atoms with Crippen molar-refractivity contribution in [3.05, 3.63) is 32.4 Å². The van der Waals surface area contributed by atoms with Crippen LogP contribution in [-0.2, 0) is 0 Å². The third kappa shape index (κ3) is 2.17. The fourth-order valence-corrected chi connectivity index (χ4v) is 1.51. The topological polar surface area (TPSA) is 35.0 Å². The van der Waals surface area contributed by atoms with Gasteiger partial charge in [0, 0.05) is 3.57 Å². The highest BCUT2D eigenvalue weighted by atomic mass is 127. The third-order valence-electron chi connectivity index (χ3n) is 1.99. The first kappa shape index (κ1) is 10.9. The van der Waals surface area contributed by atoms with Crippen molar-refractivity contribution in [2.24, 2.45) is 0 Å². The van der Waals surface area contributed by atoms with Crippen LogP contribution in [0.4, 0.5) is 0 Å². The first-order valence-corrected chi connectivity index (χ1v) is 4.43. The van der Waals surface area contributed by atoms with Crippen molar-refractivity contribution in [3.8, 4) is 0 Å². The van der Waals surface area contributed by atoms with E-state index in [2.05, 4.69) is 55.5 Å². The Hall–Kier alpha value is -0.0900. The van der Waals surface area contributed by atoms with E-state index >= 15 is 0 Å². The largest absolute Gasteiger partial charge is 0.344 e. The fraction of sp³-hybridized carbons (Fsp3) is 0.333. The van der Waals surface area contributed by atoms with Crippen molar-refractivity contribution < 1.29 is 0 Å². The monoisotopic (exact) mass is 263 g/mol. The molecule has 3 N–H and O–H groups in total. The van der Waals surface area contributed by atoms with Crippen molar-refractivity contribution in [3.63, 3.8) is 0 Å². The minimum absolute atomic E-state index is 0. The van der Waals surface area contributed by atoms with Crippen molar-refractivity contribution in [1.82, 2.24) is 6.15 Å². The van der Waals surface area contributed by atoms with E-state index in [0.29, 0.717) is 0 Å². The molecule has 1 aromatic carbocycles. The predicted molar refractivity (Wildman–Crippen MR) is 58.4 cm³/mol. The van der Waals surface area contributed by atoms with Gasteiger partial charge >= 0.3 is 0 Å². The summed E-state index contributed by atoms with van der Waals surface area (Å²) in [6.45, 7) is 6.50. The normalized spacial score (nSPS) is 9.09. The Labute approximate surface area is 81.9 Å². The molecule has 0 aromatic heterocycles. The van der Waals surface area contributed by atoms with Crippen LogP contribution in [0.2, 0.25) is 0 Å². The zero-order valence-corrected chi connectivity index (χ0v) is 9.40. The predicted octanol–water partition coefficient (Wildman–Crippen LogP) is 3.38. The molecular weight excluding hydrogens is 249 g/mol. The van der Waals surface area contributed by atoms with Crippen LogP contribution in [0.15, 0.2) is 12.1 Å². The van der Waals surface area contributed by atoms with E-state index in [1.54, 1.807) is 0 Å². The average Bonchev–Trinajstić information content (AvgIpc) is 1.93. The molecule has 0 aliphatic rings. The van der Waals surface area contributed by atoms with Crippen LogP contribution in [-0.4, -0.2) is 0 Å². The lowest BCUT2D eigenvalue weighted by atomic mass is 10.1. The summed E-state index contributed by atoms with van der Waals surface area (Å²) in [6, 6.07) is 4.34. The molecule has 0 fully saturated rings. The molecule has 0 saturated heterocycles. The van der Waals surface area contributed by atoms with Crippen LogP contribution < -0.4 is 6.15 Å². The second kappa shape index (κ2) is 4.07. The maximum Gasteiger partial charge on any atom is 0.0162 e. The molecule has 0 saturated carbocycles. The van der Waals surface area contributed by atoms with Crippen molar-refractivity contribution in [1.29, 1.82) is 0 Å². The van der Waals surface area contributed by atoms with Gasteiger partial charge in [-0.2, -0.15) is 0 Å². The van der Waals surface area contributed by atoms with Crippen LogP contribution >= 0.6 is 22.6 Å². The first-order valence-electron chi connectivity index (χ1n) is 3.35. The Morgan fingerprint density at radius 2 is 1.55 bits per heavy atom. The standard InChI is InChI=1S/C9H11I.H3N/c1-6-4-5-9(10)8(3)7(6)2;/h4-5H,1-3H3;1H3. The van der Waals surface area contributed by atoms with E-state index in [1.165, 1.54) is 20.3 Å². The zero-order valence-electron chi connectivity index (χ0n) is 7.24. The Morgan fingerprint density at radius 3 is 2.00 bits per heavy atom. The van der Waals surface area contributed by atoms with Gasteiger partial charge in [0.15, 0.2) is 0 Å². The lowest BCUT2D eigenvalue weighted by Crippen LogP contribution is -1.88. The first-order chi connectivity index (χ1) is 4.63. The van der Waals surface area contributed by atoms with Crippen molar-refractivity contribution in [2.45, 2.75) is 20.8 Å². The molecule has 2 heteroatoms. The molecular formula is C9H14IN. The molecule has 0 heterocycles. The number of rotatable bonds is 0. The number of aryl methyl sites for hydroxylation is 1. The number of hydrogen-bond donors (Lipinski definition) is 1. The summed E-state index contributed by atoms with van der Waals surface area (Å²) in [7, 11) is 0. The second-order valence-electron chi connectivity index (χ2n) is 2.61. The highest BCUT2D eigenvalue weighted by molar-refractivity contribution is 14.1. The van der Waals surface area contributed by atoms with E-state index in [-0.39, 0.29) is 6.15 Å². The van der Waals surface area contributed by atoms with E-state index < -0.39 is 0 Å². The minimum atomic E-state index is 0. The molecule has 0 spiro atoms. The molecule has 1 rings (SSSR count). The zero-order chi connectivity index (χ0) is 7.72. The van der Waals surface area contributed by atoms with Crippen LogP contribution in [0.1, 0.15) is 16.7 Å². The summed E-state index contributed by atoms with van der Waals surface area (Å²) >= 11 is 2.37. The molecule has 0 bridgehead atoms. The van der Waals surface area contributed by atoms with Gasteiger partial charge in [0.25, 0.3) is 0 Å². The SMILES string of the molecule is Cc1ccc(I)c(C)c1C.N. The van der Waals surface area contributed by atoms with Gasteiger partial charge in [0.1, 0.15) is 0 Å². The van der Waals surface area contributed by atoms with Crippen molar-refractivity contribution in [2.75, 3.05) is 0 Å². The number of hydrogen-bond acceptors (Lipinski definition) is 1. The van der Waals surface area contributed by atoms with Gasteiger partial charge in [-0.1, -0.05) is 6.07 Å². The maximum atomic E-state index is 2.37. The van der Waals surface area contributed by atoms with Gasteiger partial charge in [-0.05, 0) is 66.1 Å². The molecule has 11 heavy (non-hydrogen) atoms. The fourth-order valence-electron chi connectivity index (χ4n) is 0.923. The molecule has 1 nitrogen and oxygen atoms in total. The van der Waals surface area contributed by atoms with E-state index in [4.69, 9.17) is 0 Å². The summed E-state index contributed by atoms with van der Waals surface area (Å²) in [5, 5.41) is 0. The Kier molecular flexibility index (Phi) is 4.03. The van der Waals surface area contributed by atoms with Gasteiger partial charge in [-0.3, -0.25) is 0 Å². The number of halogens is 1. The van der Waals surface area contributed by atoms with E-state index in [9.17, 15) is 0 Å². The smallest absolute Gasteiger partial charge is 0.0162 e. The van der Waals surface area contributed by atoms with Gasteiger partial charge < -0.3 is 6.15 Å². The molecule has 62 valence electrons. The minimum Gasteiger partial charge on any atom is -0.344 e. The highest BCUT2D eigenvalue weighted by Gasteiger charge is 1.98. The Balaban J connectivity index is 0.000001000. The van der Waals surface area contributed by atoms with Crippen molar-refractivity contribution >= 4 is 22.6 Å².